The summed E-state index contributed by atoms with van der Waals surface area (Å²) in [6.07, 6.45) is 1.66. The van der Waals surface area contributed by atoms with Gasteiger partial charge in [-0.3, -0.25) is 0 Å². The Morgan fingerprint density at radius 1 is 1.43 bits per heavy atom. The summed E-state index contributed by atoms with van der Waals surface area (Å²) >= 11 is 0. The summed E-state index contributed by atoms with van der Waals surface area (Å²) in [6, 6.07) is 7.84. The summed E-state index contributed by atoms with van der Waals surface area (Å²) in [5.41, 5.74) is 3.01. The van der Waals surface area contributed by atoms with Gasteiger partial charge in [0.2, 0.25) is 0 Å². The fraction of sp³-hybridized carbons (Fsp3) is 0.400. The first-order valence-corrected chi connectivity index (χ1v) is 7.08. The maximum absolute atomic E-state index is 11.9. The zero-order valence-electron chi connectivity index (χ0n) is 12.6. The smallest absolute Gasteiger partial charge is 0.315 e. The second kappa shape index (κ2) is 6.88. The minimum atomic E-state index is -0.213. The van der Waals surface area contributed by atoms with E-state index in [1.807, 2.05) is 39.0 Å². The van der Waals surface area contributed by atoms with Crippen molar-refractivity contribution < 1.29 is 4.79 Å². The number of amides is 2. The largest absolute Gasteiger partial charge is 0.332 e. The van der Waals surface area contributed by atoms with E-state index in [1.165, 1.54) is 5.56 Å². The molecule has 112 valence electrons. The van der Waals surface area contributed by atoms with Gasteiger partial charge in [0.05, 0.1) is 25.3 Å². The molecule has 0 fully saturated rings. The molecule has 0 saturated heterocycles. The van der Waals surface area contributed by atoms with Gasteiger partial charge in [-0.25, -0.2) is 4.79 Å². The van der Waals surface area contributed by atoms with Crippen molar-refractivity contribution in [3.63, 3.8) is 0 Å². The molecule has 1 atom stereocenters. The molecule has 6 heteroatoms. The number of hydrogen-bond donors (Lipinski definition) is 2. The predicted molar refractivity (Wildman–Crippen MR) is 80.7 cm³/mol. The monoisotopic (exact) mass is 287 g/mol. The lowest BCUT2D eigenvalue weighted by atomic mass is 10.1. The van der Waals surface area contributed by atoms with Crippen molar-refractivity contribution in [1.82, 2.24) is 25.6 Å². The zero-order chi connectivity index (χ0) is 15.2. The second-order valence-corrected chi connectivity index (χ2v) is 4.99. The number of aryl methyl sites for hydroxylation is 2. The molecule has 2 N–H and O–H groups in total. The first kappa shape index (κ1) is 15.0. The number of aromatic nitrogens is 3. The van der Waals surface area contributed by atoms with Gasteiger partial charge >= 0.3 is 6.03 Å². The van der Waals surface area contributed by atoms with Crippen molar-refractivity contribution in [3.05, 3.63) is 47.3 Å². The third-order valence-electron chi connectivity index (χ3n) is 3.19. The molecule has 1 unspecified atom stereocenters. The van der Waals surface area contributed by atoms with Crippen LogP contribution in [0.2, 0.25) is 0 Å². The average Bonchev–Trinajstić information content (AvgIpc) is 2.93. The third-order valence-corrected chi connectivity index (χ3v) is 3.19. The number of nitrogens with zero attached hydrogens (tertiary/aromatic N) is 3. The standard InChI is InChI=1S/C15H21N5O/c1-4-20-17-10-14(19-20)9-16-15(21)18-12(3)13-7-5-6-11(2)8-13/h5-8,10,12H,4,9H2,1-3H3,(H2,16,18,21). The van der Waals surface area contributed by atoms with Crippen LogP contribution in [-0.2, 0) is 13.1 Å². The Bertz CT molecular complexity index is 608. The molecule has 2 aromatic rings. The SMILES string of the molecule is CCn1ncc(CNC(=O)NC(C)c2cccc(C)c2)n1. The lowest BCUT2D eigenvalue weighted by molar-refractivity contribution is 0.237. The summed E-state index contributed by atoms with van der Waals surface area (Å²) in [5.74, 6) is 0. The summed E-state index contributed by atoms with van der Waals surface area (Å²) in [6.45, 7) is 7.05. The Hall–Kier alpha value is -2.37. The Morgan fingerprint density at radius 3 is 2.90 bits per heavy atom. The summed E-state index contributed by atoms with van der Waals surface area (Å²) < 4.78 is 0. The van der Waals surface area contributed by atoms with Gasteiger partial charge in [-0.1, -0.05) is 29.8 Å². The zero-order valence-corrected chi connectivity index (χ0v) is 12.6. The van der Waals surface area contributed by atoms with E-state index >= 15 is 0 Å². The van der Waals surface area contributed by atoms with E-state index in [2.05, 4.69) is 26.9 Å². The Morgan fingerprint density at radius 2 is 2.24 bits per heavy atom. The fourth-order valence-electron chi connectivity index (χ4n) is 2.01. The van der Waals surface area contributed by atoms with E-state index in [0.717, 1.165) is 17.8 Å². The molecule has 1 aromatic heterocycles. The van der Waals surface area contributed by atoms with Crippen LogP contribution in [0.25, 0.3) is 0 Å². The van der Waals surface area contributed by atoms with Crippen LogP contribution >= 0.6 is 0 Å². The van der Waals surface area contributed by atoms with Crippen LogP contribution in [0.5, 0.6) is 0 Å². The highest BCUT2D eigenvalue weighted by molar-refractivity contribution is 5.74. The topological polar surface area (TPSA) is 71.8 Å². The molecular weight excluding hydrogens is 266 g/mol. The molecular formula is C15H21N5O. The number of urea groups is 1. The lowest BCUT2D eigenvalue weighted by Crippen LogP contribution is -2.36. The number of hydrogen-bond acceptors (Lipinski definition) is 3. The first-order valence-electron chi connectivity index (χ1n) is 7.08. The highest BCUT2D eigenvalue weighted by Gasteiger charge is 2.09. The maximum Gasteiger partial charge on any atom is 0.315 e. The molecule has 1 heterocycles. The molecule has 0 spiro atoms. The predicted octanol–water partition coefficient (Wildman–Crippen LogP) is 2.17. The van der Waals surface area contributed by atoms with Gasteiger partial charge in [-0.15, -0.1) is 0 Å². The second-order valence-electron chi connectivity index (χ2n) is 4.99. The van der Waals surface area contributed by atoms with Crippen molar-refractivity contribution in [1.29, 1.82) is 0 Å². The minimum absolute atomic E-state index is 0.0452. The highest BCUT2D eigenvalue weighted by Crippen LogP contribution is 2.13. The molecule has 0 aliphatic heterocycles. The number of benzene rings is 1. The molecule has 0 saturated carbocycles. The van der Waals surface area contributed by atoms with E-state index < -0.39 is 0 Å². The maximum atomic E-state index is 11.9. The Kier molecular flexibility index (Phi) is 4.92. The number of rotatable bonds is 5. The summed E-state index contributed by atoms with van der Waals surface area (Å²) in [4.78, 5) is 13.5. The number of carbonyl (C=O) groups is 1. The van der Waals surface area contributed by atoms with Crippen molar-refractivity contribution in [2.45, 2.75) is 39.9 Å². The quantitative estimate of drug-likeness (QED) is 0.885. The molecule has 0 aliphatic rings. The summed E-state index contributed by atoms with van der Waals surface area (Å²) in [7, 11) is 0. The fourth-order valence-corrected chi connectivity index (χ4v) is 2.01. The van der Waals surface area contributed by atoms with E-state index in [9.17, 15) is 4.79 Å². The van der Waals surface area contributed by atoms with Gasteiger partial charge < -0.3 is 10.6 Å². The van der Waals surface area contributed by atoms with E-state index in [0.29, 0.717) is 6.54 Å². The van der Waals surface area contributed by atoms with Crippen LogP contribution in [0.15, 0.2) is 30.5 Å². The van der Waals surface area contributed by atoms with E-state index in [1.54, 1.807) is 11.0 Å². The van der Waals surface area contributed by atoms with Gasteiger partial charge in [0, 0.05) is 0 Å². The Balaban J connectivity index is 1.84. The molecule has 0 radical (unpaired) electrons. The van der Waals surface area contributed by atoms with Gasteiger partial charge in [-0.05, 0) is 26.3 Å². The van der Waals surface area contributed by atoms with Crippen LogP contribution in [0, 0.1) is 6.92 Å². The van der Waals surface area contributed by atoms with Crippen molar-refractivity contribution in [2.24, 2.45) is 0 Å². The van der Waals surface area contributed by atoms with Crippen LogP contribution in [0.4, 0.5) is 4.79 Å². The minimum Gasteiger partial charge on any atom is -0.332 e. The van der Waals surface area contributed by atoms with Crippen molar-refractivity contribution in [2.75, 3.05) is 0 Å². The van der Waals surface area contributed by atoms with E-state index in [-0.39, 0.29) is 12.1 Å². The van der Waals surface area contributed by atoms with Gasteiger partial charge in [0.25, 0.3) is 0 Å². The number of nitrogens with one attached hydrogen (secondary N) is 2. The number of carbonyl (C=O) groups excluding carboxylic acids is 1. The molecule has 0 aliphatic carbocycles. The van der Waals surface area contributed by atoms with Crippen LogP contribution in [0.3, 0.4) is 0 Å². The molecule has 2 amide bonds. The van der Waals surface area contributed by atoms with E-state index in [4.69, 9.17) is 0 Å². The molecule has 6 nitrogen and oxygen atoms in total. The molecule has 0 bridgehead atoms. The molecule has 21 heavy (non-hydrogen) atoms. The average molecular weight is 287 g/mol. The van der Waals surface area contributed by atoms with Crippen molar-refractivity contribution >= 4 is 6.03 Å². The molecule has 2 rings (SSSR count). The Labute approximate surface area is 124 Å². The lowest BCUT2D eigenvalue weighted by Gasteiger charge is -2.15. The van der Waals surface area contributed by atoms with Gasteiger partial charge in [0.15, 0.2) is 0 Å². The first-order chi connectivity index (χ1) is 10.1. The van der Waals surface area contributed by atoms with Crippen LogP contribution in [-0.4, -0.2) is 21.0 Å². The van der Waals surface area contributed by atoms with Gasteiger partial charge in [0.1, 0.15) is 5.69 Å². The summed E-state index contributed by atoms with van der Waals surface area (Å²) in [5, 5.41) is 14.0. The third kappa shape index (κ3) is 4.30. The molecule has 1 aromatic carbocycles. The van der Waals surface area contributed by atoms with Gasteiger partial charge in [-0.2, -0.15) is 15.0 Å². The normalized spacial score (nSPS) is 12.0. The van der Waals surface area contributed by atoms with Crippen molar-refractivity contribution in [3.8, 4) is 0 Å². The highest BCUT2D eigenvalue weighted by atomic mass is 16.2. The van der Waals surface area contributed by atoms with Crippen LogP contribution in [0.1, 0.15) is 36.7 Å². The van der Waals surface area contributed by atoms with Crippen LogP contribution < -0.4 is 10.6 Å².